The molecule has 0 unspecified atom stereocenters. The van der Waals surface area contributed by atoms with Gasteiger partial charge in [0.05, 0.1) is 5.75 Å². The van der Waals surface area contributed by atoms with Crippen LogP contribution in [-0.2, 0) is 4.79 Å². The van der Waals surface area contributed by atoms with Crippen molar-refractivity contribution in [1.29, 1.82) is 0 Å². The van der Waals surface area contributed by atoms with Gasteiger partial charge in [0.2, 0.25) is 5.91 Å². The number of thioether (sulfide) groups is 1. The molecule has 1 amide bonds. The van der Waals surface area contributed by atoms with E-state index in [-0.39, 0.29) is 11.7 Å². The molecule has 1 aromatic heterocycles. The molecular weight excluding hydrogens is 354 g/mol. The lowest BCUT2D eigenvalue weighted by Gasteiger charge is -2.09. The molecule has 27 heavy (non-hydrogen) atoms. The minimum atomic E-state index is -0.0655. The molecule has 0 spiro atoms. The number of carbonyl (C=O) groups excluding carboxylic acids is 1. The Bertz CT molecular complexity index is 1070. The zero-order valence-corrected chi connectivity index (χ0v) is 15.3. The summed E-state index contributed by atoms with van der Waals surface area (Å²) in [6.45, 7) is 0. The van der Waals surface area contributed by atoms with Crippen molar-refractivity contribution in [3.8, 4) is 11.3 Å². The highest BCUT2D eigenvalue weighted by Gasteiger charge is 2.12. The highest BCUT2D eigenvalue weighted by atomic mass is 32.2. The number of anilines is 1. The van der Waals surface area contributed by atoms with E-state index in [1.807, 2.05) is 84.9 Å². The number of hydrogen-bond donors (Lipinski definition) is 1. The normalized spacial score (nSPS) is 10.7. The second-order valence-electron chi connectivity index (χ2n) is 5.97. The van der Waals surface area contributed by atoms with Gasteiger partial charge in [0, 0.05) is 22.0 Å². The number of benzene rings is 3. The van der Waals surface area contributed by atoms with Gasteiger partial charge in [0.15, 0.2) is 0 Å². The molecule has 1 N–H and O–H groups in total. The van der Waals surface area contributed by atoms with Gasteiger partial charge in [-0.15, -0.1) is 10.2 Å². The first kappa shape index (κ1) is 17.2. The molecule has 4 aromatic rings. The highest BCUT2D eigenvalue weighted by molar-refractivity contribution is 8.00. The zero-order chi connectivity index (χ0) is 18.5. The predicted molar refractivity (Wildman–Crippen MR) is 111 cm³/mol. The summed E-state index contributed by atoms with van der Waals surface area (Å²) in [4.78, 5) is 12.2. The summed E-state index contributed by atoms with van der Waals surface area (Å²) < 4.78 is 0. The Morgan fingerprint density at radius 1 is 0.778 bits per heavy atom. The summed E-state index contributed by atoms with van der Waals surface area (Å²) in [5, 5.41) is 14.5. The van der Waals surface area contributed by atoms with Crippen LogP contribution in [0.5, 0.6) is 0 Å². The molecule has 0 aliphatic heterocycles. The van der Waals surface area contributed by atoms with Crippen LogP contribution in [-0.4, -0.2) is 21.9 Å². The average Bonchev–Trinajstić information content (AvgIpc) is 2.73. The van der Waals surface area contributed by atoms with Gasteiger partial charge in [0.25, 0.3) is 0 Å². The van der Waals surface area contributed by atoms with E-state index >= 15 is 0 Å². The summed E-state index contributed by atoms with van der Waals surface area (Å²) in [6, 6.07) is 27.5. The summed E-state index contributed by atoms with van der Waals surface area (Å²) in [7, 11) is 0. The number of rotatable bonds is 5. The molecule has 0 atom stereocenters. The molecule has 4 rings (SSSR count). The third-order valence-corrected chi connectivity index (χ3v) is 5.08. The molecule has 5 heteroatoms. The zero-order valence-electron chi connectivity index (χ0n) is 14.5. The first-order chi connectivity index (χ1) is 13.3. The van der Waals surface area contributed by atoms with Gasteiger partial charge in [0.1, 0.15) is 10.7 Å². The van der Waals surface area contributed by atoms with Gasteiger partial charge >= 0.3 is 0 Å². The van der Waals surface area contributed by atoms with Crippen molar-refractivity contribution in [3.63, 3.8) is 0 Å². The number of hydrogen-bond acceptors (Lipinski definition) is 4. The lowest BCUT2D eigenvalue weighted by atomic mass is 10.1. The van der Waals surface area contributed by atoms with Crippen molar-refractivity contribution >= 4 is 34.1 Å². The van der Waals surface area contributed by atoms with Gasteiger partial charge in [-0.1, -0.05) is 84.6 Å². The van der Waals surface area contributed by atoms with E-state index in [0.717, 1.165) is 32.7 Å². The van der Waals surface area contributed by atoms with Crippen molar-refractivity contribution in [2.45, 2.75) is 5.03 Å². The molecule has 0 aliphatic carbocycles. The maximum absolute atomic E-state index is 12.2. The summed E-state index contributed by atoms with van der Waals surface area (Å²) >= 11 is 1.40. The summed E-state index contributed by atoms with van der Waals surface area (Å²) in [5.74, 6) is 0.211. The summed E-state index contributed by atoms with van der Waals surface area (Å²) in [6.07, 6.45) is 0. The molecule has 3 aromatic carbocycles. The molecule has 1 heterocycles. The second-order valence-corrected chi connectivity index (χ2v) is 6.93. The third kappa shape index (κ3) is 3.99. The second kappa shape index (κ2) is 8.01. The Balaban J connectivity index is 1.57. The third-order valence-electron chi connectivity index (χ3n) is 4.10. The van der Waals surface area contributed by atoms with Crippen LogP contribution in [0.4, 0.5) is 5.69 Å². The van der Waals surface area contributed by atoms with Crippen molar-refractivity contribution in [2.75, 3.05) is 11.1 Å². The van der Waals surface area contributed by atoms with Crippen LogP contribution >= 0.6 is 11.8 Å². The quantitative estimate of drug-likeness (QED) is 0.500. The predicted octanol–water partition coefficient (Wildman–Crippen LogP) is 5.03. The maximum Gasteiger partial charge on any atom is 0.234 e. The van der Waals surface area contributed by atoms with E-state index < -0.39 is 0 Å². The molecule has 0 radical (unpaired) electrons. The molecule has 0 saturated heterocycles. The number of nitrogens with one attached hydrogen (secondary N) is 1. The van der Waals surface area contributed by atoms with Gasteiger partial charge in [-0.05, 0) is 12.1 Å². The van der Waals surface area contributed by atoms with Gasteiger partial charge in [-0.3, -0.25) is 4.79 Å². The van der Waals surface area contributed by atoms with E-state index in [1.165, 1.54) is 11.8 Å². The van der Waals surface area contributed by atoms with Crippen LogP contribution < -0.4 is 5.32 Å². The van der Waals surface area contributed by atoms with E-state index in [4.69, 9.17) is 0 Å². The Morgan fingerprint density at radius 2 is 1.41 bits per heavy atom. The van der Waals surface area contributed by atoms with E-state index in [1.54, 1.807) is 0 Å². The molecule has 0 aliphatic rings. The Kier molecular flexibility index (Phi) is 5.12. The maximum atomic E-state index is 12.2. The minimum absolute atomic E-state index is 0.0655. The number of aromatic nitrogens is 2. The number of carbonyl (C=O) groups is 1. The Morgan fingerprint density at radius 3 is 2.15 bits per heavy atom. The number of nitrogens with zero attached hydrogens (tertiary/aromatic N) is 2. The number of amides is 1. The fourth-order valence-corrected chi connectivity index (χ4v) is 3.62. The molecule has 0 fully saturated rings. The fraction of sp³-hybridized carbons (Fsp3) is 0.0455. The van der Waals surface area contributed by atoms with Crippen LogP contribution in [0, 0.1) is 0 Å². The van der Waals surface area contributed by atoms with E-state index in [9.17, 15) is 4.79 Å². The van der Waals surface area contributed by atoms with E-state index in [2.05, 4.69) is 15.5 Å². The van der Waals surface area contributed by atoms with Gasteiger partial charge < -0.3 is 5.32 Å². The number of para-hydroxylation sites is 1. The van der Waals surface area contributed by atoms with Crippen molar-refractivity contribution in [2.24, 2.45) is 0 Å². The molecule has 132 valence electrons. The summed E-state index contributed by atoms with van der Waals surface area (Å²) in [5.41, 5.74) is 2.67. The van der Waals surface area contributed by atoms with Crippen LogP contribution in [0.25, 0.3) is 22.0 Å². The largest absolute Gasteiger partial charge is 0.325 e. The molecule has 4 nitrogen and oxygen atoms in total. The molecule has 0 bridgehead atoms. The topological polar surface area (TPSA) is 54.9 Å². The van der Waals surface area contributed by atoms with Crippen LogP contribution in [0.1, 0.15) is 0 Å². The van der Waals surface area contributed by atoms with Crippen molar-refractivity contribution < 1.29 is 4.79 Å². The van der Waals surface area contributed by atoms with Gasteiger partial charge in [-0.2, -0.15) is 0 Å². The number of fused-ring (bicyclic) bond motifs is 1. The average molecular weight is 371 g/mol. The minimum Gasteiger partial charge on any atom is -0.325 e. The smallest absolute Gasteiger partial charge is 0.234 e. The SMILES string of the molecule is O=C(CSc1nnc(-c2ccccc2)c2ccccc12)Nc1ccccc1. The highest BCUT2D eigenvalue weighted by Crippen LogP contribution is 2.31. The Labute approximate surface area is 161 Å². The van der Waals surface area contributed by atoms with Crippen LogP contribution in [0.15, 0.2) is 90.0 Å². The van der Waals surface area contributed by atoms with Crippen LogP contribution in [0.2, 0.25) is 0 Å². The lowest BCUT2D eigenvalue weighted by Crippen LogP contribution is -2.14. The van der Waals surface area contributed by atoms with Gasteiger partial charge in [-0.25, -0.2) is 0 Å². The van der Waals surface area contributed by atoms with Crippen molar-refractivity contribution in [3.05, 3.63) is 84.9 Å². The monoisotopic (exact) mass is 371 g/mol. The van der Waals surface area contributed by atoms with Crippen molar-refractivity contribution in [1.82, 2.24) is 10.2 Å². The lowest BCUT2D eigenvalue weighted by molar-refractivity contribution is -0.113. The first-order valence-electron chi connectivity index (χ1n) is 8.60. The fourth-order valence-electron chi connectivity index (χ4n) is 2.85. The van der Waals surface area contributed by atoms with Crippen LogP contribution in [0.3, 0.4) is 0 Å². The first-order valence-corrected chi connectivity index (χ1v) is 9.58. The Hall–Kier alpha value is -3.18. The standard InChI is InChI=1S/C22H17N3OS/c26-20(23-17-11-5-2-6-12-17)15-27-22-19-14-8-7-13-18(19)21(24-25-22)16-9-3-1-4-10-16/h1-14H,15H2,(H,23,26). The molecular formula is C22H17N3OS. The molecule has 0 saturated carbocycles. The van der Waals surface area contributed by atoms with E-state index in [0.29, 0.717) is 0 Å².